The van der Waals surface area contributed by atoms with Gasteiger partial charge in [0.1, 0.15) is 16.4 Å². The standard InChI is InChI=1S/C19H23NO4S/c1-14-6-8-15(9-7-14)17-5-4-12-20(17)25(21,22)19-13-16(23-2)10-11-18(19)24-3/h6-11,13,17H,4-5,12H2,1-3H3/t17-/m0/s1. The van der Waals surface area contributed by atoms with E-state index in [0.29, 0.717) is 18.0 Å². The van der Waals surface area contributed by atoms with E-state index >= 15 is 0 Å². The third kappa shape index (κ3) is 3.37. The van der Waals surface area contributed by atoms with Crippen molar-refractivity contribution >= 4 is 10.0 Å². The maximum Gasteiger partial charge on any atom is 0.247 e. The van der Waals surface area contributed by atoms with Crippen LogP contribution in [-0.4, -0.2) is 33.5 Å². The van der Waals surface area contributed by atoms with Crippen molar-refractivity contribution in [1.82, 2.24) is 4.31 Å². The van der Waals surface area contributed by atoms with Crippen LogP contribution in [-0.2, 0) is 10.0 Å². The topological polar surface area (TPSA) is 55.8 Å². The van der Waals surface area contributed by atoms with Crippen LogP contribution in [0.5, 0.6) is 11.5 Å². The van der Waals surface area contributed by atoms with Gasteiger partial charge < -0.3 is 9.47 Å². The summed E-state index contributed by atoms with van der Waals surface area (Å²) in [6.45, 7) is 2.52. The van der Waals surface area contributed by atoms with E-state index in [4.69, 9.17) is 9.47 Å². The molecule has 25 heavy (non-hydrogen) atoms. The molecule has 3 rings (SSSR count). The van der Waals surface area contributed by atoms with E-state index < -0.39 is 10.0 Å². The summed E-state index contributed by atoms with van der Waals surface area (Å²) in [5.74, 6) is 0.820. The average Bonchev–Trinajstić information content (AvgIpc) is 3.12. The van der Waals surface area contributed by atoms with E-state index in [9.17, 15) is 8.42 Å². The van der Waals surface area contributed by atoms with Crippen molar-refractivity contribution in [2.75, 3.05) is 20.8 Å². The molecule has 0 bridgehead atoms. The Morgan fingerprint density at radius 1 is 1.04 bits per heavy atom. The summed E-state index contributed by atoms with van der Waals surface area (Å²) in [6.07, 6.45) is 1.65. The number of aryl methyl sites for hydroxylation is 1. The molecular weight excluding hydrogens is 338 g/mol. The molecule has 1 saturated heterocycles. The van der Waals surface area contributed by atoms with Gasteiger partial charge in [0.05, 0.1) is 20.3 Å². The van der Waals surface area contributed by atoms with Crippen molar-refractivity contribution in [3.8, 4) is 11.5 Å². The van der Waals surface area contributed by atoms with Gasteiger partial charge in [-0.2, -0.15) is 4.31 Å². The zero-order valence-corrected chi connectivity index (χ0v) is 15.5. The lowest BCUT2D eigenvalue weighted by atomic mass is 10.0. The molecule has 5 nitrogen and oxygen atoms in total. The van der Waals surface area contributed by atoms with Gasteiger partial charge in [-0.25, -0.2) is 8.42 Å². The van der Waals surface area contributed by atoms with Crippen LogP contribution < -0.4 is 9.47 Å². The summed E-state index contributed by atoms with van der Waals surface area (Å²) in [4.78, 5) is 0.147. The minimum atomic E-state index is -3.69. The van der Waals surface area contributed by atoms with Crippen LogP contribution in [0.15, 0.2) is 47.4 Å². The first-order valence-corrected chi connectivity index (χ1v) is 9.72. The van der Waals surface area contributed by atoms with Gasteiger partial charge in [-0.3, -0.25) is 0 Å². The van der Waals surface area contributed by atoms with Crippen molar-refractivity contribution in [2.45, 2.75) is 30.7 Å². The molecule has 6 heteroatoms. The molecular formula is C19H23NO4S. The Morgan fingerprint density at radius 2 is 1.76 bits per heavy atom. The molecule has 0 aromatic heterocycles. The number of hydrogen-bond donors (Lipinski definition) is 0. The highest BCUT2D eigenvalue weighted by Crippen LogP contribution is 2.39. The zero-order chi connectivity index (χ0) is 18.0. The lowest BCUT2D eigenvalue weighted by Crippen LogP contribution is -2.31. The van der Waals surface area contributed by atoms with Gasteiger partial charge in [-0.05, 0) is 37.5 Å². The van der Waals surface area contributed by atoms with Crippen LogP contribution in [0.2, 0.25) is 0 Å². The van der Waals surface area contributed by atoms with Crippen LogP contribution in [0.4, 0.5) is 0 Å². The van der Waals surface area contributed by atoms with E-state index in [1.54, 1.807) is 16.4 Å². The van der Waals surface area contributed by atoms with Crippen molar-refractivity contribution in [1.29, 1.82) is 0 Å². The summed E-state index contributed by atoms with van der Waals surface area (Å²) in [6, 6.07) is 12.8. The number of ether oxygens (including phenoxy) is 2. The summed E-state index contributed by atoms with van der Waals surface area (Å²) < 4.78 is 38.7. The van der Waals surface area contributed by atoms with Gasteiger partial charge >= 0.3 is 0 Å². The number of sulfonamides is 1. The predicted octanol–water partition coefficient (Wildman–Crippen LogP) is 3.54. The molecule has 1 aliphatic heterocycles. The molecule has 0 amide bonds. The van der Waals surface area contributed by atoms with Gasteiger partial charge in [0.25, 0.3) is 0 Å². The van der Waals surface area contributed by atoms with Gasteiger partial charge in [-0.15, -0.1) is 0 Å². The highest BCUT2D eigenvalue weighted by Gasteiger charge is 2.37. The first-order chi connectivity index (χ1) is 12.0. The number of benzene rings is 2. The highest BCUT2D eigenvalue weighted by molar-refractivity contribution is 7.89. The average molecular weight is 361 g/mol. The maximum atomic E-state index is 13.3. The van der Waals surface area contributed by atoms with E-state index in [1.807, 2.05) is 31.2 Å². The van der Waals surface area contributed by atoms with Crippen molar-refractivity contribution < 1.29 is 17.9 Å². The summed E-state index contributed by atoms with van der Waals surface area (Å²) in [5, 5.41) is 0. The fourth-order valence-electron chi connectivity index (χ4n) is 3.26. The van der Waals surface area contributed by atoms with Crippen LogP contribution in [0.1, 0.15) is 30.0 Å². The largest absolute Gasteiger partial charge is 0.497 e. The molecule has 0 radical (unpaired) electrons. The Bertz CT molecular complexity index is 846. The van der Waals surface area contributed by atoms with Crippen LogP contribution >= 0.6 is 0 Å². The molecule has 1 atom stereocenters. The van der Waals surface area contributed by atoms with Crippen molar-refractivity contribution in [3.05, 3.63) is 53.6 Å². The number of methoxy groups -OCH3 is 2. The molecule has 0 spiro atoms. The second kappa shape index (κ2) is 7.06. The molecule has 0 unspecified atom stereocenters. The molecule has 1 fully saturated rings. The Morgan fingerprint density at radius 3 is 2.40 bits per heavy atom. The quantitative estimate of drug-likeness (QED) is 0.817. The minimum absolute atomic E-state index is 0.147. The monoisotopic (exact) mass is 361 g/mol. The molecule has 1 heterocycles. The van der Waals surface area contributed by atoms with Gasteiger partial charge in [0, 0.05) is 12.6 Å². The van der Waals surface area contributed by atoms with Crippen molar-refractivity contribution in [3.63, 3.8) is 0 Å². The fraction of sp³-hybridized carbons (Fsp3) is 0.368. The molecule has 0 N–H and O–H groups in total. The normalized spacial score (nSPS) is 18.3. The lowest BCUT2D eigenvalue weighted by molar-refractivity contribution is 0.376. The van der Waals surface area contributed by atoms with E-state index in [0.717, 1.165) is 24.0 Å². The molecule has 1 aliphatic rings. The second-order valence-electron chi connectivity index (χ2n) is 6.20. The SMILES string of the molecule is COc1ccc(OC)c(S(=O)(=O)N2CCC[C@H]2c2ccc(C)cc2)c1. The van der Waals surface area contributed by atoms with Crippen molar-refractivity contribution in [2.24, 2.45) is 0 Å². The van der Waals surface area contributed by atoms with E-state index in [2.05, 4.69) is 0 Å². The summed E-state index contributed by atoms with van der Waals surface area (Å²) >= 11 is 0. The number of hydrogen-bond acceptors (Lipinski definition) is 4. The Labute approximate surface area is 149 Å². The van der Waals surface area contributed by atoms with E-state index in [1.165, 1.54) is 20.3 Å². The summed E-state index contributed by atoms with van der Waals surface area (Å²) in [7, 11) is -0.702. The first-order valence-electron chi connectivity index (χ1n) is 8.28. The molecule has 2 aromatic rings. The van der Waals surface area contributed by atoms with E-state index in [-0.39, 0.29) is 10.9 Å². The summed E-state index contributed by atoms with van der Waals surface area (Å²) in [5.41, 5.74) is 2.18. The molecule has 0 saturated carbocycles. The Hall–Kier alpha value is -2.05. The molecule has 0 aliphatic carbocycles. The molecule has 2 aromatic carbocycles. The van der Waals surface area contributed by atoms with Gasteiger partial charge in [-0.1, -0.05) is 29.8 Å². The molecule has 134 valence electrons. The number of rotatable bonds is 5. The third-order valence-corrected chi connectivity index (χ3v) is 6.55. The third-order valence-electron chi connectivity index (χ3n) is 4.62. The Balaban J connectivity index is 2.03. The minimum Gasteiger partial charge on any atom is -0.497 e. The van der Waals surface area contributed by atoms with Crippen LogP contribution in [0.3, 0.4) is 0 Å². The first kappa shape index (κ1) is 17.8. The smallest absolute Gasteiger partial charge is 0.247 e. The Kier molecular flexibility index (Phi) is 5.01. The van der Waals surface area contributed by atoms with Crippen LogP contribution in [0, 0.1) is 6.92 Å². The second-order valence-corrected chi connectivity index (χ2v) is 8.06. The maximum absolute atomic E-state index is 13.3. The predicted molar refractivity (Wildman–Crippen MR) is 96.6 cm³/mol. The fourth-order valence-corrected chi connectivity index (χ4v) is 5.12. The lowest BCUT2D eigenvalue weighted by Gasteiger charge is -2.25. The zero-order valence-electron chi connectivity index (χ0n) is 14.7. The number of nitrogens with zero attached hydrogens (tertiary/aromatic N) is 1. The van der Waals surface area contributed by atoms with Gasteiger partial charge in [0.15, 0.2) is 0 Å². The van der Waals surface area contributed by atoms with Crippen LogP contribution in [0.25, 0.3) is 0 Å². The van der Waals surface area contributed by atoms with Gasteiger partial charge in [0.2, 0.25) is 10.0 Å². The highest BCUT2D eigenvalue weighted by atomic mass is 32.2.